The molecule has 4 nitrogen and oxygen atoms in total. The molecule has 1 aromatic rings. The van der Waals surface area contributed by atoms with E-state index >= 15 is 0 Å². The number of hydrazine groups is 1. The summed E-state index contributed by atoms with van der Waals surface area (Å²) in [7, 11) is 0. The number of thiocarbonyl (C=S) groups is 1. The molecule has 0 aromatic heterocycles. The van der Waals surface area contributed by atoms with Gasteiger partial charge in [0.25, 0.3) is 0 Å². The second kappa shape index (κ2) is 9.08. The second-order valence-electron chi connectivity index (χ2n) is 5.76. The van der Waals surface area contributed by atoms with E-state index in [0.29, 0.717) is 17.1 Å². The summed E-state index contributed by atoms with van der Waals surface area (Å²) < 4.78 is 12.8. The summed E-state index contributed by atoms with van der Waals surface area (Å²) in [5.41, 5.74) is 5.32. The lowest BCUT2D eigenvalue weighted by Gasteiger charge is -2.30. The molecule has 1 amide bonds. The third-order valence-corrected chi connectivity index (χ3v) is 5.16. The maximum Gasteiger partial charge on any atom is 0.248 e. The van der Waals surface area contributed by atoms with Crippen LogP contribution in [0.15, 0.2) is 29.2 Å². The monoisotopic (exact) mass is 355 g/mol. The summed E-state index contributed by atoms with van der Waals surface area (Å²) in [5, 5.41) is 3.71. The molecule has 2 unspecified atom stereocenters. The highest BCUT2D eigenvalue weighted by Crippen LogP contribution is 2.23. The third-order valence-electron chi connectivity index (χ3n) is 3.93. The van der Waals surface area contributed by atoms with Gasteiger partial charge in [-0.05, 0) is 55.2 Å². The smallest absolute Gasteiger partial charge is 0.248 e. The fourth-order valence-corrected chi connectivity index (χ4v) is 3.48. The number of rotatable bonds is 4. The Labute approximate surface area is 146 Å². The average Bonchev–Trinajstić information content (AvgIpc) is 2.54. The van der Waals surface area contributed by atoms with E-state index in [4.69, 9.17) is 12.2 Å². The van der Waals surface area contributed by atoms with Gasteiger partial charge in [0.1, 0.15) is 5.82 Å². The number of carbonyl (C=O) groups is 1. The Balaban J connectivity index is 1.65. The number of amides is 1. The van der Waals surface area contributed by atoms with Gasteiger partial charge in [-0.15, -0.1) is 11.8 Å². The van der Waals surface area contributed by atoms with Crippen molar-refractivity contribution in [2.24, 2.45) is 5.92 Å². The fraction of sp³-hybridized carbons (Fsp3) is 0.500. The first-order valence-electron chi connectivity index (χ1n) is 7.78. The third kappa shape index (κ3) is 6.35. The van der Waals surface area contributed by atoms with Crippen LogP contribution in [-0.4, -0.2) is 22.8 Å². The van der Waals surface area contributed by atoms with Crippen LogP contribution in [0.25, 0.3) is 0 Å². The van der Waals surface area contributed by atoms with Gasteiger partial charge < -0.3 is 5.32 Å². The number of hydrogen-bond acceptors (Lipinski definition) is 3. The summed E-state index contributed by atoms with van der Waals surface area (Å²) in [4.78, 5) is 12.6. The highest BCUT2D eigenvalue weighted by molar-refractivity contribution is 8.00. The van der Waals surface area contributed by atoms with Crippen molar-refractivity contribution < 1.29 is 9.18 Å². The fourth-order valence-electron chi connectivity index (χ4n) is 2.58. The molecule has 126 valence electrons. The predicted molar refractivity (Wildman–Crippen MR) is 95.6 cm³/mol. The molecule has 0 spiro atoms. The maximum atomic E-state index is 12.8. The highest BCUT2D eigenvalue weighted by atomic mass is 32.2. The van der Waals surface area contributed by atoms with Gasteiger partial charge in [-0.25, -0.2) is 4.39 Å². The summed E-state index contributed by atoms with van der Waals surface area (Å²) in [6, 6.07) is 6.43. The van der Waals surface area contributed by atoms with Crippen LogP contribution in [0.5, 0.6) is 0 Å². The molecular weight excluding hydrogens is 333 g/mol. The SMILES string of the molecule is CC1CCCCC1NC(=S)NNC(=O)CSc1ccc(F)cc1. The summed E-state index contributed by atoms with van der Waals surface area (Å²) in [6.45, 7) is 2.22. The second-order valence-corrected chi connectivity index (χ2v) is 7.21. The van der Waals surface area contributed by atoms with Gasteiger partial charge in [0.05, 0.1) is 5.75 Å². The number of nitrogens with one attached hydrogen (secondary N) is 3. The molecule has 23 heavy (non-hydrogen) atoms. The van der Waals surface area contributed by atoms with Crippen molar-refractivity contribution in [1.82, 2.24) is 16.2 Å². The Morgan fingerprint density at radius 1 is 1.26 bits per heavy atom. The van der Waals surface area contributed by atoms with E-state index in [1.165, 1.54) is 43.2 Å². The van der Waals surface area contributed by atoms with Crippen LogP contribution in [0.1, 0.15) is 32.6 Å². The molecule has 3 N–H and O–H groups in total. The lowest BCUT2D eigenvalue weighted by atomic mass is 9.86. The van der Waals surface area contributed by atoms with Gasteiger partial charge in [0.2, 0.25) is 5.91 Å². The summed E-state index contributed by atoms with van der Waals surface area (Å²) in [6.07, 6.45) is 4.81. The molecule has 1 aromatic carbocycles. The molecule has 1 saturated carbocycles. The lowest BCUT2D eigenvalue weighted by molar-refractivity contribution is -0.119. The molecule has 0 aliphatic heterocycles. The Kier molecular flexibility index (Phi) is 7.11. The first kappa shape index (κ1) is 18.0. The van der Waals surface area contributed by atoms with Crippen molar-refractivity contribution in [1.29, 1.82) is 0 Å². The van der Waals surface area contributed by atoms with Gasteiger partial charge >= 0.3 is 0 Å². The molecule has 1 fully saturated rings. The van der Waals surface area contributed by atoms with Crippen LogP contribution in [0.3, 0.4) is 0 Å². The van der Waals surface area contributed by atoms with E-state index in [1.807, 2.05) is 0 Å². The molecule has 2 rings (SSSR count). The Bertz CT molecular complexity index is 539. The van der Waals surface area contributed by atoms with Crippen LogP contribution in [0.2, 0.25) is 0 Å². The van der Waals surface area contributed by atoms with Crippen molar-refractivity contribution in [3.05, 3.63) is 30.1 Å². The zero-order chi connectivity index (χ0) is 16.7. The molecule has 0 heterocycles. The van der Waals surface area contributed by atoms with Crippen molar-refractivity contribution >= 4 is 35.0 Å². The van der Waals surface area contributed by atoms with Gasteiger partial charge in [-0.1, -0.05) is 19.8 Å². The minimum absolute atomic E-state index is 0.180. The zero-order valence-electron chi connectivity index (χ0n) is 13.1. The predicted octanol–water partition coefficient (Wildman–Crippen LogP) is 2.99. The maximum absolute atomic E-state index is 12.8. The van der Waals surface area contributed by atoms with Crippen molar-refractivity contribution in [3.8, 4) is 0 Å². The molecule has 1 aliphatic carbocycles. The van der Waals surface area contributed by atoms with E-state index in [-0.39, 0.29) is 17.5 Å². The van der Waals surface area contributed by atoms with Crippen molar-refractivity contribution in [3.63, 3.8) is 0 Å². The molecule has 2 atom stereocenters. The molecule has 0 radical (unpaired) electrons. The standard InChI is InChI=1S/C16H22FN3OS2/c1-11-4-2-3-5-14(11)18-16(22)20-19-15(21)10-23-13-8-6-12(17)7-9-13/h6-9,11,14H,2-5,10H2,1H3,(H,19,21)(H2,18,20,22). The van der Waals surface area contributed by atoms with Crippen molar-refractivity contribution in [2.45, 2.75) is 43.5 Å². The highest BCUT2D eigenvalue weighted by Gasteiger charge is 2.21. The van der Waals surface area contributed by atoms with Crippen molar-refractivity contribution in [2.75, 3.05) is 5.75 Å². The van der Waals surface area contributed by atoms with Crippen LogP contribution < -0.4 is 16.2 Å². The molecular formula is C16H22FN3OS2. The summed E-state index contributed by atoms with van der Waals surface area (Å²) >= 11 is 6.56. The number of thioether (sulfide) groups is 1. The molecule has 0 bridgehead atoms. The number of hydrogen-bond donors (Lipinski definition) is 3. The Morgan fingerprint density at radius 3 is 2.65 bits per heavy atom. The van der Waals surface area contributed by atoms with E-state index in [9.17, 15) is 9.18 Å². The number of benzene rings is 1. The Morgan fingerprint density at radius 2 is 1.96 bits per heavy atom. The van der Waals surface area contributed by atoms with Gasteiger partial charge in [-0.2, -0.15) is 0 Å². The van der Waals surface area contributed by atoms with Crippen LogP contribution >= 0.6 is 24.0 Å². The number of halogens is 1. The largest absolute Gasteiger partial charge is 0.358 e. The molecule has 0 saturated heterocycles. The lowest BCUT2D eigenvalue weighted by Crippen LogP contribution is -2.52. The Hall–Kier alpha value is -1.34. The van der Waals surface area contributed by atoms with Crippen LogP contribution in [0, 0.1) is 11.7 Å². The van der Waals surface area contributed by atoms with Gasteiger partial charge in [0.15, 0.2) is 5.11 Å². The average molecular weight is 356 g/mol. The first-order chi connectivity index (χ1) is 11.0. The van der Waals surface area contributed by atoms with Crippen LogP contribution in [0.4, 0.5) is 4.39 Å². The minimum atomic E-state index is -0.283. The van der Waals surface area contributed by atoms with E-state index in [2.05, 4.69) is 23.1 Å². The van der Waals surface area contributed by atoms with Crippen LogP contribution in [-0.2, 0) is 4.79 Å². The quantitative estimate of drug-likeness (QED) is 0.440. The molecule has 1 aliphatic rings. The first-order valence-corrected chi connectivity index (χ1v) is 9.17. The topological polar surface area (TPSA) is 53.2 Å². The van der Waals surface area contributed by atoms with Gasteiger partial charge in [0, 0.05) is 10.9 Å². The van der Waals surface area contributed by atoms with E-state index in [1.54, 1.807) is 12.1 Å². The minimum Gasteiger partial charge on any atom is -0.358 e. The normalized spacial score (nSPS) is 20.6. The summed E-state index contributed by atoms with van der Waals surface area (Å²) in [5.74, 6) is 0.364. The zero-order valence-corrected chi connectivity index (χ0v) is 14.7. The number of carbonyl (C=O) groups excluding carboxylic acids is 1. The van der Waals surface area contributed by atoms with E-state index < -0.39 is 0 Å². The molecule has 7 heteroatoms. The van der Waals surface area contributed by atoms with Gasteiger partial charge in [-0.3, -0.25) is 15.6 Å². The van der Waals surface area contributed by atoms with E-state index in [0.717, 1.165) is 11.3 Å².